The molecular weight excluding hydrogens is 304 g/mol. The topological polar surface area (TPSA) is 49.4 Å². The van der Waals surface area contributed by atoms with Crippen molar-refractivity contribution in [3.63, 3.8) is 0 Å². The third kappa shape index (κ3) is 4.41. The molecule has 1 heterocycles. The monoisotopic (exact) mass is 322 g/mol. The van der Waals surface area contributed by atoms with Crippen LogP contribution in [0.15, 0.2) is 54.5 Å². The average Bonchev–Trinajstić information content (AvgIpc) is 2.83. The molecule has 2 rings (SSSR count). The van der Waals surface area contributed by atoms with Gasteiger partial charge in [0.25, 0.3) is 0 Å². The van der Waals surface area contributed by atoms with Crippen molar-refractivity contribution in [2.75, 3.05) is 12.3 Å². The molecule has 1 N–H and O–H groups in total. The molecule has 1 aromatic rings. The molecule has 0 saturated carbocycles. The lowest BCUT2D eigenvalue weighted by molar-refractivity contribution is 0.370. The van der Waals surface area contributed by atoms with E-state index in [0.717, 1.165) is 5.56 Å². The molecule has 0 saturated heterocycles. The fourth-order valence-corrected chi connectivity index (χ4v) is 3.72. The smallest absolute Gasteiger partial charge is 0.173 e. The van der Waals surface area contributed by atoms with Gasteiger partial charge in [0.1, 0.15) is 0 Å². The Hall–Kier alpha value is -1.66. The lowest BCUT2D eigenvalue weighted by Gasteiger charge is -2.30. The molecule has 0 radical (unpaired) electrons. The molecule has 1 aromatic carbocycles. The number of nitrogens with zero attached hydrogens (tertiary/aromatic N) is 1. The molecule has 1 atom stereocenters. The van der Waals surface area contributed by atoms with E-state index in [0.29, 0.717) is 18.2 Å². The van der Waals surface area contributed by atoms with Gasteiger partial charge >= 0.3 is 0 Å². The first-order valence-electron chi connectivity index (χ1n) is 6.62. The standard InChI is InChI=1S/C15H18N2O2S2/c1-2-9-16-15(20)17(11-13-6-4-3-5-7-13)14-8-10-21(18,19)12-14/h2-8,10,14H,1,9,11-12H2,(H,16,20)/t14-/m1/s1. The second kappa shape index (κ2) is 6.87. The van der Waals surface area contributed by atoms with Gasteiger partial charge in [0, 0.05) is 18.5 Å². The van der Waals surface area contributed by atoms with Crippen LogP contribution in [0.3, 0.4) is 0 Å². The fourth-order valence-electron chi connectivity index (χ4n) is 2.13. The van der Waals surface area contributed by atoms with Crippen LogP contribution in [-0.4, -0.2) is 36.8 Å². The van der Waals surface area contributed by atoms with Crippen LogP contribution in [0.4, 0.5) is 0 Å². The molecule has 6 heteroatoms. The molecule has 0 amide bonds. The second-order valence-electron chi connectivity index (χ2n) is 4.81. The quantitative estimate of drug-likeness (QED) is 0.662. The number of hydrogen-bond donors (Lipinski definition) is 1. The van der Waals surface area contributed by atoms with Crippen molar-refractivity contribution in [2.45, 2.75) is 12.6 Å². The second-order valence-corrected chi connectivity index (χ2v) is 7.13. The molecule has 0 unspecified atom stereocenters. The maximum absolute atomic E-state index is 11.6. The number of thiocarbonyl (C=S) groups is 1. The zero-order chi connectivity index (χ0) is 15.3. The van der Waals surface area contributed by atoms with Gasteiger partial charge in [0.05, 0.1) is 11.8 Å². The summed E-state index contributed by atoms with van der Waals surface area (Å²) >= 11 is 5.39. The van der Waals surface area contributed by atoms with Crippen molar-refractivity contribution in [1.29, 1.82) is 0 Å². The highest BCUT2D eigenvalue weighted by atomic mass is 32.2. The number of rotatable bonds is 5. The minimum absolute atomic E-state index is 0.0652. The minimum Gasteiger partial charge on any atom is -0.359 e. The van der Waals surface area contributed by atoms with Crippen molar-refractivity contribution < 1.29 is 8.42 Å². The highest BCUT2D eigenvalue weighted by Gasteiger charge is 2.28. The SMILES string of the molecule is C=CCNC(=S)N(Cc1ccccc1)[C@@H]1C=CS(=O)(=O)C1. The molecule has 0 bridgehead atoms. The van der Waals surface area contributed by atoms with Crippen LogP contribution < -0.4 is 5.32 Å². The van der Waals surface area contributed by atoms with E-state index in [1.54, 1.807) is 12.2 Å². The van der Waals surface area contributed by atoms with Crippen LogP contribution in [0, 0.1) is 0 Å². The number of benzene rings is 1. The summed E-state index contributed by atoms with van der Waals surface area (Å²) in [7, 11) is -3.12. The summed E-state index contributed by atoms with van der Waals surface area (Å²) in [6, 6.07) is 9.61. The first kappa shape index (κ1) is 15.7. The maximum atomic E-state index is 11.6. The van der Waals surface area contributed by atoms with Gasteiger partial charge in [-0.1, -0.05) is 36.4 Å². The van der Waals surface area contributed by atoms with E-state index in [2.05, 4.69) is 11.9 Å². The van der Waals surface area contributed by atoms with Crippen molar-refractivity contribution in [2.24, 2.45) is 0 Å². The van der Waals surface area contributed by atoms with E-state index in [-0.39, 0.29) is 11.8 Å². The van der Waals surface area contributed by atoms with Gasteiger partial charge in [-0.25, -0.2) is 8.42 Å². The molecule has 0 fully saturated rings. The van der Waals surface area contributed by atoms with Crippen LogP contribution in [-0.2, 0) is 16.4 Å². The largest absolute Gasteiger partial charge is 0.359 e. The van der Waals surface area contributed by atoms with Gasteiger partial charge < -0.3 is 10.2 Å². The molecule has 1 aliphatic heterocycles. The Bertz CT molecular complexity index is 639. The average molecular weight is 322 g/mol. The summed E-state index contributed by atoms with van der Waals surface area (Å²) in [6.07, 6.45) is 3.41. The summed E-state index contributed by atoms with van der Waals surface area (Å²) in [6.45, 7) is 4.76. The molecule has 0 aliphatic carbocycles. The molecule has 0 spiro atoms. The van der Waals surface area contributed by atoms with Gasteiger partial charge in [0.2, 0.25) is 0 Å². The number of hydrogen-bond acceptors (Lipinski definition) is 3. The predicted octanol–water partition coefficient (Wildman–Crippen LogP) is 1.86. The fraction of sp³-hybridized carbons (Fsp3) is 0.267. The van der Waals surface area contributed by atoms with Crippen LogP contribution in [0.5, 0.6) is 0 Å². The van der Waals surface area contributed by atoms with E-state index in [1.807, 2.05) is 35.2 Å². The Morgan fingerprint density at radius 1 is 1.43 bits per heavy atom. The van der Waals surface area contributed by atoms with E-state index in [1.165, 1.54) is 5.41 Å². The van der Waals surface area contributed by atoms with Crippen LogP contribution in [0.1, 0.15) is 5.56 Å². The van der Waals surface area contributed by atoms with Crippen LogP contribution in [0.2, 0.25) is 0 Å². The third-order valence-corrected chi connectivity index (χ3v) is 4.92. The van der Waals surface area contributed by atoms with Crippen molar-refractivity contribution in [1.82, 2.24) is 10.2 Å². The molecular formula is C15H18N2O2S2. The molecule has 21 heavy (non-hydrogen) atoms. The Morgan fingerprint density at radius 2 is 2.14 bits per heavy atom. The highest BCUT2D eigenvalue weighted by molar-refractivity contribution is 7.94. The lowest BCUT2D eigenvalue weighted by Crippen LogP contribution is -2.46. The Labute approximate surface area is 131 Å². The van der Waals surface area contributed by atoms with E-state index in [4.69, 9.17) is 12.2 Å². The Kier molecular flexibility index (Phi) is 5.14. The van der Waals surface area contributed by atoms with Gasteiger partial charge in [-0.3, -0.25) is 0 Å². The first-order valence-corrected chi connectivity index (χ1v) is 8.74. The zero-order valence-electron chi connectivity index (χ0n) is 11.6. The van der Waals surface area contributed by atoms with Gasteiger partial charge in [-0.15, -0.1) is 6.58 Å². The number of sulfone groups is 1. The summed E-state index contributed by atoms with van der Waals surface area (Å²) in [5, 5.41) is 4.87. The molecule has 112 valence electrons. The van der Waals surface area contributed by atoms with Gasteiger partial charge in [-0.05, 0) is 23.9 Å². The van der Waals surface area contributed by atoms with E-state index < -0.39 is 9.84 Å². The summed E-state index contributed by atoms with van der Waals surface area (Å²) < 4.78 is 23.3. The van der Waals surface area contributed by atoms with Crippen molar-refractivity contribution in [3.05, 3.63) is 60.0 Å². The van der Waals surface area contributed by atoms with Crippen molar-refractivity contribution >= 4 is 27.2 Å². The Balaban J connectivity index is 2.16. The zero-order valence-corrected chi connectivity index (χ0v) is 13.2. The molecule has 4 nitrogen and oxygen atoms in total. The first-order chi connectivity index (χ1) is 10.0. The summed E-state index contributed by atoms with van der Waals surface area (Å²) in [5.74, 6) is 0.0652. The van der Waals surface area contributed by atoms with E-state index in [9.17, 15) is 8.42 Å². The van der Waals surface area contributed by atoms with Crippen LogP contribution >= 0.6 is 12.2 Å². The lowest BCUT2D eigenvalue weighted by atomic mass is 10.2. The molecule has 0 aromatic heterocycles. The van der Waals surface area contributed by atoms with Crippen LogP contribution in [0.25, 0.3) is 0 Å². The Morgan fingerprint density at radius 3 is 2.71 bits per heavy atom. The normalized spacial score (nSPS) is 19.1. The highest BCUT2D eigenvalue weighted by Crippen LogP contribution is 2.17. The summed E-state index contributed by atoms with van der Waals surface area (Å²) in [5.41, 5.74) is 1.08. The minimum atomic E-state index is -3.12. The van der Waals surface area contributed by atoms with E-state index >= 15 is 0 Å². The summed E-state index contributed by atoms with van der Waals surface area (Å²) in [4.78, 5) is 1.90. The maximum Gasteiger partial charge on any atom is 0.173 e. The number of nitrogens with one attached hydrogen (secondary N) is 1. The third-order valence-electron chi connectivity index (χ3n) is 3.17. The van der Waals surface area contributed by atoms with Gasteiger partial charge in [0.15, 0.2) is 14.9 Å². The molecule has 1 aliphatic rings. The van der Waals surface area contributed by atoms with Crippen molar-refractivity contribution in [3.8, 4) is 0 Å². The predicted molar refractivity (Wildman–Crippen MR) is 89.5 cm³/mol. The van der Waals surface area contributed by atoms with Gasteiger partial charge in [-0.2, -0.15) is 0 Å².